The number of nitro benzene ring substituents is 1. The van der Waals surface area contributed by atoms with E-state index in [4.69, 9.17) is 5.73 Å². The van der Waals surface area contributed by atoms with E-state index in [1.54, 1.807) is 48.1 Å². The van der Waals surface area contributed by atoms with E-state index >= 15 is 0 Å². The monoisotopic (exact) mass is 443 g/mol. The standard InChI is InChI=1S/C23H17N5O5/c1-26-10-15(14-7-6-12(28(32)33)8-18(14)26)20-21(23(31)25-22(20)30)16-11-27(19(29)9-24)17-5-3-2-4-13(16)17/h2-8,10-11H,9,24H2,1H3,(H,25,30,31). The maximum atomic E-state index is 12.9. The minimum Gasteiger partial charge on any atom is -0.350 e. The molecule has 164 valence electrons. The summed E-state index contributed by atoms with van der Waals surface area (Å²) in [7, 11) is 1.70. The van der Waals surface area contributed by atoms with Crippen molar-refractivity contribution in [3.63, 3.8) is 0 Å². The second-order valence-electron chi connectivity index (χ2n) is 7.67. The van der Waals surface area contributed by atoms with Gasteiger partial charge in [0.25, 0.3) is 17.5 Å². The molecular formula is C23H17N5O5. The fourth-order valence-electron chi connectivity index (χ4n) is 4.34. The molecule has 5 rings (SSSR count). The van der Waals surface area contributed by atoms with Gasteiger partial charge in [0.1, 0.15) is 0 Å². The number of nitrogens with zero attached hydrogens (tertiary/aromatic N) is 3. The number of hydrogen-bond donors (Lipinski definition) is 2. The number of nitrogens with two attached hydrogens (primary N) is 1. The Kier molecular flexibility index (Phi) is 4.46. The number of benzene rings is 2. The predicted molar refractivity (Wildman–Crippen MR) is 121 cm³/mol. The van der Waals surface area contributed by atoms with E-state index in [-0.39, 0.29) is 29.3 Å². The lowest BCUT2D eigenvalue weighted by molar-refractivity contribution is -0.384. The highest BCUT2D eigenvalue weighted by atomic mass is 16.6. The highest BCUT2D eigenvalue weighted by Crippen LogP contribution is 2.39. The molecule has 0 fully saturated rings. The Morgan fingerprint density at radius 1 is 1.00 bits per heavy atom. The Balaban J connectivity index is 1.83. The normalized spacial score (nSPS) is 13.9. The smallest absolute Gasteiger partial charge is 0.271 e. The molecule has 0 saturated carbocycles. The van der Waals surface area contributed by atoms with Crippen LogP contribution in [0.5, 0.6) is 0 Å². The zero-order valence-electron chi connectivity index (χ0n) is 17.4. The average molecular weight is 443 g/mol. The molecule has 4 aromatic rings. The zero-order valence-corrected chi connectivity index (χ0v) is 17.4. The fraction of sp³-hybridized carbons (Fsp3) is 0.0870. The van der Waals surface area contributed by atoms with Gasteiger partial charge in [-0.15, -0.1) is 0 Å². The highest BCUT2D eigenvalue weighted by molar-refractivity contribution is 6.50. The summed E-state index contributed by atoms with van der Waals surface area (Å²) < 4.78 is 3.04. The number of imide groups is 1. The van der Waals surface area contributed by atoms with Gasteiger partial charge < -0.3 is 10.3 Å². The van der Waals surface area contributed by atoms with Gasteiger partial charge in [-0.3, -0.25) is 34.4 Å². The number of non-ortho nitro benzene ring substituents is 1. The summed E-state index contributed by atoms with van der Waals surface area (Å²) in [6.07, 6.45) is 3.18. The Bertz CT molecular complexity index is 1570. The Morgan fingerprint density at radius 2 is 1.64 bits per heavy atom. The molecule has 3 heterocycles. The van der Waals surface area contributed by atoms with Gasteiger partial charge in [-0.2, -0.15) is 0 Å². The molecule has 3 N–H and O–H groups in total. The van der Waals surface area contributed by atoms with Crippen molar-refractivity contribution in [1.82, 2.24) is 14.5 Å². The number of nitrogens with one attached hydrogen (secondary N) is 1. The van der Waals surface area contributed by atoms with Crippen molar-refractivity contribution in [2.45, 2.75) is 0 Å². The third-order valence-electron chi connectivity index (χ3n) is 5.81. The molecule has 2 amide bonds. The van der Waals surface area contributed by atoms with E-state index in [1.807, 2.05) is 0 Å². The molecule has 33 heavy (non-hydrogen) atoms. The number of aryl methyl sites for hydroxylation is 1. The molecule has 2 aromatic heterocycles. The summed E-state index contributed by atoms with van der Waals surface area (Å²) in [4.78, 5) is 49.0. The number of amides is 2. The summed E-state index contributed by atoms with van der Waals surface area (Å²) >= 11 is 0. The van der Waals surface area contributed by atoms with Crippen LogP contribution in [-0.2, 0) is 16.6 Å². The van der Waals surface area contributed by atoms with Crippen LogP contribution in [0.4, 0.5) is 5.69 Å². The predicted octanol–water partition coefficient (Wildman–Crippen LogP) is 2.21. The van der Waals surface area contributed by atoms with Crippen LogP contribution in [0.3, 0.4) is 0 Å². The summed E-state index contributed by atoms with van der Waals surface area (Å²) in [6.45, 7) is -0.225. The van der Waals surface area contributed by atoms with Crippen LogP contribution in [0.25, 0.3) is 33.0 Å². The van der Waals surface area contributed by atoms with Gasteiger partial charge in [0, 0.05) is 53.5 Å². The van der Waals surface area contributed by atoms with E-state index in [0.717, 1.165) is 0 Å². The minimum absolute atomic E-state index is 0.0835. The molecule has 0 atom stereocenters. The summed E-state index contributed by atoms with van der Waals surface area (Å²) in [5.41, 5.74) is 7.73. The van der Waals surface area contributed by atoms with Crippen LogP contribution in [0, 0.1) is 10.1 Å². The Labute approximate surface area is 186 Å². The number of para-hydroxylation sites is 1. The van der Waals surface area contributed by atoms with Gasteiger partial charge in [-0.25, -0.2) is 0 Å². The van der Waals surface area contributed by atoms with Crippen LogP contribution in [-0.4, -0.2) is 38.3 Å². The number of hydrogen-bond acceptors (Lipinski definition) is 6. The molecule has 10 heteroatoms. The Morgan fingerprint density at radius 3 is 2.30 bits per heavy atom. The van der Waals surface area contributed by atoms with Gasteiger partial charge in [-0.05, 0) is 12.1 Å². The quantitative estimate of drug-likeness (QED) is 0.281. The fourth-order valence-corrected chi connectivity index (χ4v) is 4.34. The molecule has 2 aromatic carbocycles. The minimum atomic E-state index is -0.586. The van der Waals surface area contributed by atoms with Crippen LogP contribution >= 0.6 is 0 Å². The number of fused-ring (bicyclic) bond motifs is 2. The molecule has 10 nitrogen and oxygen atoms in total. The van der Waals surface area contributed by atoms with E-state index in [0.29, 0.717) is 32.9 Å². The number of nitro groups is 1. The molecule has 1 aliphatic rings. The molecule has 0 aliphatic carbocycles. The van der Waals surface area contributed by atoms with Gasteiger partial charge in [0.05, 0.1) is 33.6 Å². The number of carbonyl (C=O) groups excluding carboxylic acids is 3. The third kappa shape index (κ3) is 2.96. The van der Waals surface area contributed by atoms with Crippen molar-refractivity contribution < 1.29 is 19.3 Å². The van der Waals surface area contributed by atoms with Crippen LogP contribution < -0.4 is 11.1 Å². The van der Waals surface area contributed by atoms with E-state index < -0.39 is 16.7 Å². The molecule has 0 radical (unpaired) electrons. The van der Waals surface area contributed by atoms with Crippen LogP contribution in [0.1, 0.15) is 15.9 Å². The molecule has 0 spiro atoms. The summed E-state index contributed by atoms with van der Waals surface area (Å²) in [6, 6.07) is 11.4. The maximum Gasteiger partial charge on any atom is 0.271 e. The lowest BCUT2D eigenvalue weighted by atomic mass is 9.95. The molecule has 0 unspecified atom stereocenters. The van der Waals surface area contributed by atoms with Crippen molar-refractivity contribution in [2.24, 2.45) is 12.8 Å². The van der Waals surface area contributed by atoms with E-state index in [2.05, 4.69) is 5.32 Å². The van der Waals surface area contributed by atoms with Crippen LogP contribution in [0.15, 0.2) is 54.9 Å². The topological polar surface area (TPSA) is 142 Å². The maximum absolute atomic E-state index is 12.9. The lowest BCUT2D eigenvalue weighted by Gasteiger charge is -2.03. The summed E-state index contributed by atoms with van der Waals surface area (Å²) in [5, 5.41) is 14.7. The SMILES string of the molecule is Cn1cc(C2=C(c3cn(C(=O)CN)c4ccccc34)C(=O)NC2=O)c2ccc([N+](=O)[O-])cc21. The van der Waals surface area contributed by atoms with Crippen LogP contribution in [0.2, 0.25) is 0 Å². The van der Waals surface area contributed by atoms with Gasteiger partial charge >= 0.3 is 0 Å². The zero-order chi connectivity index (χ0) is 23.4. The van der Waals surface area contributed by atoms with Crippen molar-refractivity contribution in [3.8, 4) is 0 Å². The third-order valence-corrected chi connectivity index (χ3v) is 5.81. The van der Waals surface area contributed by atoms with Crippen molar-refractivity contribution in [2.75, 3.05) is 6.54 Å². The molecular weight excluding hydrogens is 426 g/mol. The van der Waals surface area contributed by atoms with Gasteiger partial charge in [0.2, 0.25) is 5.91 Å². The van der Waals surface area contributed by atoms with Crippen molar-refractivity contribution in [1.29, 1.82) is 0 Å². The number of carbonyl (C=O) groups is 3. The van der Waals surface area contributed by atoms with Gasteiger partial charge in [0.15, 0.2) is 0 Å². The second kappa shape index (κ2) is 7.24. The first-order chi connectivity index (χ1) is 15.8. The number of rotatable bonds is 4. The second-order valence-corrected chi connectivity index (χ2v) is 7.67. The average Bonchev–Trinajstić information content (AvgIpc) is 3.43. The number of aromatic nitrogens is 2. The lowest BCUT2D eigenvalue weighted by Crippen LogP contribution is -2.22. The van der Waals surface area contributed by atoms with Crippen molar-refractivity contribution in [3.05, 3.63) is 76.1 Å². The molecule has 0 bridgehead atoms. The largest absolute Gasteiger partial charge is 0.350 e. The summed E-state index contributed by atoms with van der Waals surface area (Å²) in [5.74, 6) is -1.53. The van der Waals surface area contributed by atoms with E-state index in [9.17, 15) is 24.5 Å². The molecule has 0 saturated heterocycles. The first-order valence-electron chi connectivity index (χ1n) is 9.99. The molecule has 1 aliphatic heterocycles. The van der Waals surface area contributed by atoms with Crippen molar-refractivity contribution >= 4 is 56.4 Å². The first-order valence-corrected chi connectivity index (χ1v) is 9.99. The first kappa shape index (κ1) is 20.3. The highest BCUT2D eigenvalue weighted by Gasteiger charge is 2.35. The Hall–Kier alpha value is -4.57. The van der Waals surface area contributed by atoms with Gasteiger partial charge in [-0.1, -0.05) is 18.2 Å². The van der Waals surface area contributed by atoms with E-state index in [1.165, 1.54) is 22.9 Å².